The summed E-state index contributed by atoms with van der Waals surface area (Å²) < 4.78 is 0. The van der Waals surface area contributed by atoms with Gasteiger partial charge < -0.3 is 5.32 Å². The van der Waals surface area contributed by atoms with Crippen LogP contribution in [-0.2, 0) is 11.3 Å². The molecule has 1 aliphatic heterocycles. The monoisotopic (exact) mass is 324 g/mol. The highest BCUT2D eigenvalue weighted by Gasteiger charge is 2.19. The van der Waals surface area contributed by atoms with Gasteiger partial charge in [0.15, 0.2) is 0 Å². The Labute approximate surface area is 137 Å². The summed E-state index contributed by atoms with van der Waals surface area (Å²) in [6.07, 6.45) is 2.79. The number of carbonyl (C=O) groups is 1. The summed E-state index contributed by atoms with van der Waals surface area (Å²) in [7, 11) is 0. The summed E-state index contributed by atoms with van der Waals surface area (Å²) in [6, 6.07) is 4.10. The van der Waals surface area contributed by atoms with Crippen molar-refractivity contribution in [1.82, 2.24) is 20.1 Å². The number of piperazine rings is 1. The van der Waals surface area contributed by atoms with Gasteiger partial charge in [0.05, 0.1) is 6.54 Å². The molecular weight excluding hydrogens is 300 g/mol. The first-order valence-corrected chi connectivity index (χ1v) is 8.29. The van der Waals surface area contributed by atoms with Crippen LogP contribution in [-0.4, -0.2) is 59.5 Å². The van der Waals surface area contributed by atoms with Crippen molar-refractivity contribution in [1.29, 1.82) is 0 Å². The molecule has 1 fully saturated rings. The first kappa shape index (κ1) is 17.2. The van der Waals surface area contributed by atoms with Crippen molar-refractivity contribution in [2.75, 3.05) is 32.7 Å². The number of hydrogen-bond acceptors (Lipinski definition) is 4. The predicted molar refractivity (Wildman–Crippen MR) is 88.9 cm³/mol. The Morgan fingerprint density at radius 3 is 2.59 bits per heavy atom. The lowest BCUT2D eigenvalue weighted by molar-refractivity contribution is -0.123. The van der Waals surface area contributed by atoms with Gasteiger partial charge in [-0.15, -0.1) is 0 Å². The van der Waals surface area contributed by atoms with E-state index < -0.39 is 0 Å². The van der Waals surface area contributed by atoms with Crippen LogP contribution in [0, 0.1) is 0 Å². The van der Waals surface area contributed by atoms with E-state index in [1.807, 2.05) is 25.3 Å². The minimum absolute atomic E-state index is 0.129. The fourth-order valence-corrected chi connectivity index (χ4v) is 2.60. The molecule has 1 amide bonds. The number of aromatic nitrogens is 1. The van der Waals surface area contributed by atoms with Gasteiger partial charge in [-0.25, -0.2) is 4.98 Å². The van der Waals surface area contributed by atoms with E-state index in [-0.39, 0.29) is 11.9 Å². The zero-order valence-electron chi connectivity index (χ0n) is 13.4. The summed E-state index contributed by atoms with van der Waals surface area (Å²) >= 11 is 5.80. The standard InChI is InChI=1S/C16H25ClN4O/c1-3-13(2)19-16(22)12-21-8-6-20(7-9-21)11-14-4-5-15(17)18-10-14/h4-5,10,13H,3,6-9,11-12H2,1-2H3,(H,19,22). The molecule has 5 nitrogen and oxygen atoms in total. The van der Waals surface area contributed by atoms with Crippen LogP contribution in [0.25, 0.3) is 0 Å². The maximum atomic E-state index is 11.9. The average molecular weight is 325 g/mol. The Morgan fingerprint density at radius 2 is 2.00 bits per heavy atom. The molecule has 1 aromatic heterocycles. The number of amides is 1. The molecule has 0 aromatic carbocycles. The van der Waals surface area contributed by atoms with E-state index in [9.17, 15) is 4.79 Å². The van der Waals surface area contributed by atoms with Gasteiger partial charge in [0.25, 0.3) is 0 Å². The summed E-state index contributed by atoms with van der Waals surface area (Å²) in [5.74, 6) is 0.129. The van der Waals surface area contributed by atoms with Crippen LogP contribution in [0.2, 0.25) is 5.15 Å². The van der Waals surface area contributed by atoms with E-state index in [0.29, 0.717) is 11.7 Å². The predicted octanol–water partition coefficient (Wildman–Crippen LogP) is 1.77. The molecule has 1 aromatic rings. The Hall–Kier alpha value is -1.17. The van der Waals surface area contributed by atoms with Crippen molar-refractivity contribution in [3.05, 3.63) is 29.0 Å². The minimum atomic E-state index is 0.129. The lowest BCUT2D eigenvalue weighted by atomic mass is 10.2. The third-order valence-corrected chi connectivity index (χ3v) is 4.27. The zero-order chi connectivity index (χ0) is 15.9. The number of halogens is 1. The summed E-state index contributed by atoms with van der Waals surface area (Å²) in [5, 5.41) is 3.55. The molecule has 22 heavy (non-hydrogen) atoms. The first-order chi connectivity index (χ1) is 10.6. The molecule has 0 spiro atoms. The Kier molecular flexibility index (Phi) is 6.61. The van der Waals surface area contributed by atoms with Crippen LogP contribution in [0.15, 0.2) is 18.3 Å². The Balaban J connectivity index is 1.71. The second kappa shape index (κ2) is 8.46. The topological polar surface area (TPSA) is 48.5 Å². The lowest BCUT2D eigenvalue weighted by Gasteiger charge is -2.34. The highest BCUT2D eigenvalue weighted by atomic mass is 35.5. The number of nitrogens with zero attached hydrogens (tertiary/aromatic N) is 3. The van der Waals surface area contributed by atoms with Crippen LogP contribution in [0.5, 0.6) is 0 Å². The maximum absolute atomic E-state index is 11.9. The van der Waals surface area contributed by atoms with E-state index in [4.69, 9.17) is 11.6 Å². The van der Waals surface area contributed by atoms with Crippen molar-refractivity contribution in [2.24, 2.45) is 0 Å². The third-order valence-electron chi connectivity index (χ3n) is 4.05. The zero-order valence-corrected chi connectivity index (χ0v) is 14.1. The van der Waals surface area contributed by atoms with E-state index in [1.54, 1.807) is 0 Å². The highest BCUT2D eigenvalue weighted by Crippen LogP contribution is 2.10. The first-order valence-electron chi connectivity index (χ1n) is 7.91. The van der Waals surface area contributed by atoms with E-state index in [2.05, 4.69) is 27.0 Å². The SMILES string of the molecule is CCC(C)NC(=O)CN1CCN(Cc2ccc(Cl)nc2)CC1. The fraction of sp³-hybridized carbons (Fsp3) is 0.625. The molecule has 0 saturated carbocycles. The number of carbonyl (C=O) groups excluding carboxylic acids is 1. The quantitative estimate of drug-likeness (QED) is 0.810. The second-order valence-corrected chi connectivity index (χ2v) is 6.31. The molecule has 0 radical (unpaired) electrons. The van der Waals surface area contributed by atoms with Gasteiger partial charge in [0.1, 0.15) is 5.15 Å². The van der Waals surface area contributed by atoms with Crippen LogP contribution in [0.4, 0.5) is 0 Å². The maximum Gasteiger partial charge on any atom is 0.234 e. The number of pyridine rings is 1. The average Bonchev–Trinajstić information content (AvgIpc) is 2.51. The number of nitrogens with one attached hydrogen (secondary N) is 1. The smallest absolute Gasteiger partial charge is 0.234 e. The molecule has 1 aliphatic rings. The molecular formula is C16H25ClN4O. The molecule has 1 atom stereocenters. The van der Waals surface area contributed by atoms with Crippen molar-refractivity contribution < 1.29 is 4.79 Å². The highest BCUT2D eigenvalue weighted by molar-refractivity contribution is 6.29. The van der Waals surface area contributed by atoms with Crippen molar-refractivity contribution in [3.8, 4) is 0 Å². The molecule has 2 rings (SSSR count). The number of rotatable bonds is 6. The summed E-state index contributed by atoms with van der Waals surface area (Å²) in [5.41, 5.74) is 1.17. The van der Waals surface area contributed by atoms with Crippen LogP contribution < -0.4 is 5.32 Å². The molecule has 6 heteroatoms. The molecule has 1 N–H and O–H groups in total. The molecule has 1 saturated heterocycles. The van der Waals surface area contributed by atoms with Gasteiger partial charge in [-0.2, -0.15) is 0 Å². The van der Waals surface area contributed by atoms with Crippen molar-refractivity contribution in [2.45, 2.75) is 32.9 Å². The van der Waals surface area contributed by atoms with E-state index >= 15 is 0 Å². The number of hydrogen-bond donors (Lipinski definition) is 1. The van der Waals surface area contributed by atoms with Gasteiger partial charge in [0, 0.05) is 45.0 Å². The second-order valence-electron chi connectivity index (χ2n) is 5.92. The van der Waals surface area contributed by atoms with Gasteiger partial charge in [-0.1, -0.05) is 24.6 Å². The van der Waals surface area contributed by atoms with E-state index in [1.165, 1.54) is 5.56 Å². The van der Waals surface area contributed by atoms with Crippen molar-refractivity contribution >= 4 is 17.5 Å². The molecule has 0 aliphatic carbocycles. The van der Waals surface area contributed by atoms with Crippen LogP contribution >= 0.6 is 11.6 Å². The largest absolute Gasteiger partial charge is 0.353 e. The van der Waals surface area contributed by atoms with Crippen LogP contribution in [0.1, 0.15) is 25.8 Å². The van der Waals surface area contributed by atoms with E-state index in [0.717, 1.165) is 39.1 Å². The molecule has 122 valence electrons. The summed E-state index contributed by atoms with van der Waals surface area (Å²) in [6.45, 7) is 9.30. The van der Waals surface area contributed by atoms with Gasteiger partial charge >= 0.3 is 0 Å². The molecule has 1 unspecified atom stereocenters. The van der Waals surface area contributed by atoms with Crippen molar-refractivity contribution in [3.63, 3.8) is 0 Å². The molecule has 0 bridgehead atoms. The third kappa shape index (κ3) is 5.55. The van der Waals surface area contributed by atoms with Crippen LogP contribution in [0.3, 0.4) is 0 Å². The Morgan fingerprint density at radius 1 is 1.32 bits per heavy atom. The van der Waals surface area contributed by atoms with Gasteiger partial charge in [0.2, 0.25) is 5.91 Å². The lowest BCUT2D eigenvalue weighted by Crippen LogP contribution is -2.49. The minimum Gasteiger partial charge on any atom is -0.353 e. The Bertz CT molecular complexity index is 472. The van der Waals surface area contributed by atoms with Gasteiger partial charge in [-0.3, -0.25) is 14.6 Å². The summed E-state index contributed by atoms with van der Waals surface area (Å²) in [4.78, 5) is 20.6. The van der Waals surface area contributed by atoms with Gasteiger partial charge in [-0.05, 0) is 25.0 Å². The normalized spacial score (nSPS) is 18.1. The molecule has 2 heterocycles. The fourth-order valence-electron chi connectivity index (χ4n) is 2.49.